The molecule has 0 aliphatic carbocycles. The summed E-state index contributed by atoms with van der Waals surface area (Å²) in [5.74, 6) is 0.518. The summed E-state index contributed by atoms with van der Waals surface area (Å²) in [6, 6.07) is 11.3. The minimum absolute atomic E-state index is 0.0349. The minimum atomic E-state index is -0.188. The van der Waals surface area contributed by atoms with E-state index in [0.29, 0.717) is 10.8 Å². The Morgan fingerprint density at radius 3 is 2.55 bits per heavy atom. The van der Waals surface area contributed by atoms with E-state index in [1.54, 1.807) is 11.8 Å². The average molecular weight is 336 g/mol. The van der Waals surface area contributed by atoms with Gasteiger partial charge in [0.25, 0.3) is 5.91 Å². The van der Waals surface area contributed by atoms with Gasteiger partial charge in [0.15, 0.2) is 6.61 Å². The molecule has 2 aromatic rings. The number of halogens is 1. The number of benzene rings is 2. The molecule has 0 spiro atoms. The maximum Gasteiger partial charge on any atom is 0.262 e. The summed E-state index contributed by atoms with van der Waals surface area (Å²) >= 11 is 7.61. The summed E-state index contributed by atoms with van der Waals surface area (Å²) in [5, 5.41) is 3.50. The average Bonchev–Trinajstić information content (AvgIpc) is 2.46. The van der Waals surface area contributed by atoms with E-state index in [0.717, 1.165) is 21.7 Å². The van der Waals surface area contributed by atoms with Crippen molar-refractivity contribution < 1.29 is 9.53 Å². The molecule has 116 valence electrons. The fourth-order valence-corrected chi connectivity index (χ4v) is 2.95. The van der Waals surface area contributed by atoms with E-state index >= 15 is 0 Å². The number of hydrogen-bond donors (Lipinski definition) is 1. The second kappa shape index (κ2) is 7.56. The second-order valence-electron chi connectivity index (χ2n) is 4.94. The third kappa shape index (κ3) is 4.42. The van der Waals surface area contributed by atoms with Crippen molar-refractivity contribution >= 4 is 35.0 Å². The summed E-state index contributed by atoms with van der Waals surface area (Å²) < 4.78 is 5.64. The molecule has 0 radical (unpaired) electrons. The quantitative estimate of drug-likeness (QED) is 0.805. The summed E-state index contributed by atoms with van der Waals surface area (Å²) in [7, 11) is 0. The first-order valence-electron chi connectivity index (χ1n) is 6.83. The van der Waals surface area contributed by atoms with Crippen molar-refractivity contribution in [1.82, 2.24) is 0 Å². The monoisotopic (exact) mass is 335 g/mol. The zero-order valence-electron chi connectivity index (χ0n) is 12.8. The second-order valence-corrected chi connectivity index (χ2v) is 6.25. The SMILES string of the molecule is CSc1cccc(NC(=O)COc2c(C)cc(Cl)cc2C)c1. The van der Waals surface area contributed by atoms with Crippen LogP contribution in [0.2, 0.25) is 5.02 Å². The number of rotatable bonds is 5. The Kier molecular flexibility index (Phi) is 5.75. The first-order valence-corrected chi connectivity index (χ1v) is 8.43. The molecule has 2 rings (SSSR count). The zero-order valence-corrected chi connectivity index (χ0v) is 14.3. The van der Waals surface area contributed by atoms with Crippen molar-refractivity contribution in [3.63, 3.8) is 0 Å². The number of hydrogen-bond acceptors (Lipinski definition) is 3. The number of nitrogens with one attached hydrogen (secondary N) is 1. The Morgan fingerprint density at radius 2 is 1.91 bits per heavy atom. The van der Waals surface area contributed by atoms with Crippen molar-refractivity contribution in [1.29, 1.82) is 0 Å². The Labute approximate surface area is 140 Å². The van der Waals surface area contributed by atoms with Gasteiger partial charge in [0.05, 0.1) is 0 Å². The van der Waals surface area contributed by atoms with Gasteiger partial charge in [0, 0.05) is 15.6 Å². The number of carbonyl (C=O) groups is 1. The van der Waals surface area contributed by atoms with Crippen LogP contribution in [0.15, 0.2) is 41.3 Å². The van der Waals surface area contributed by atoms with Crippen LogP contribution in [0.4, 0.5) is 5.69 Å². The molecule has 2 aromatic carbocycles. The van der Waals surface area contributed by atoms with E-state index in [9.17, 15) is 4.79 Å². The molecule has 0 aromatic heterocycles. The zero-order chi connectivity index (χ0) is 16.1. The third-order valence-corrected chi connectivity index (χ3v) is 4.07. The Hall–Kier alpha value is -1.65. The first kappa shape index (κ1) is 16.7. The molecule has 5 heteroatoms. The molecule has 0 aliphatic rings. The fraction of sp³-hybridized carbons (Fsp3) is 0.235. The van der Waals surface area contributed by atoms with Crippen molar-refractivity contribution in [2.75, 3.05) is 18.2 Å². The van der Waals surface area contributed by atoms with Crippen LogP contribution in [0.25, 0.3) is 0 Å². The number of anilines is 1. The highest BCUT2D eigenvalue weighted by molar-refractivity contribution is 7.98. The summed E-state index contributed by atoms with van der Waals surface area (Å²) in [4.78, 5) is 13.1. The Bertz CT molecular complexity index is 665. The molecule has 0 unspecified atom stereocenters. The molecule has 0 atom stereocenters. The topological polar surface area (TPSA) is 38.3 Å². The van der Waals surface area contributed by atoms with Crippen LogP contribution in [-0.4, -0.2) is 18.8 Å². The maximum absolute atomic E-state index is 12.0. The largest absolute Gasteiger partial charge is 0.483 e. The van der Waals surface area contributed by atoms with Gasteiger partial charge in [-0.25, -0.2) is 0 Å². The van der Waals surface area contributed by atoms with Gasteiger partial charge in [-0.05, 0) is 61.6 Å². The van der Waals surface area contributed by atoms with Gasteiger partial charge in [-0.3, -0.25) is 4.79 Å². The fourth-order valence-electron chi connectivity index (χ4n) is 2.16. The molecule has 0 saturated heterocycles. The lowest BCUT2D eigenvalue weighted by Crippen LogP contribution is -2.20. The van der Waals surface area contributed by atoms with E-state index in [1.165, 1.54) is 0 Å². The van der Waals surface area contributed by atoms with Crippen LogP contribution in [0.3, 0.4) is 0 Å². The van der Waals surface area contributed by atoms with Crippen molar-refractivity contribution in [2.45, 2.75) is 18.7 Å². The molecule has 0 fully saturated rings. The predicted molar refractivity (Wildman–Crippen MR) is 93.3 cm³/mol. The van der Waals surface area contributed by atoms with Crippen LogP contribution in [0, 0.1) is 13.8 Å². The van der Waals surface area contributed by atoms with Crippen LogP contribution in [0.5, 0.6) is 5.75 Å². The van der Waals surface area contributed by atoms with E-state index in [-0.39, 0.29) is 12.5 Å². The van der Waals surface area contributed by atoms with Crippen LogP contribution >= 0.6 is 23.4 Å². The van der Waals surface area contributed by atoms with Gasteiger partial charge >= 0.3 is 0 Å². The molecule has 1 amide bonds. The third-order valence-electron chi connectivity index (χ3n) is 3.13. The van der Waals surface area contributed by atoms with Gasteiger partial charge in [0.2, 0.25) is 0 Å². The van der Waals surface area contributed by atoms with E-state index in [2.05, 4.69) is 5.32 Å². The Morgan fingerprint density at radius 1 is 1.23 bits per heavy atom. The van der Waals surface area contributed by atoms with Crippen molar-refractivity contribution in [3.8, 4) is 5.75 Å². The van der Waals surface area contributed by atoms with Crippen molar-refractivity contribution in [2.24, 2.45) is 0 Å². The molecule has 0 saturated carbocycles. The van der Waals surface area contributed by atoms with Crippen LogP contribution in [-0.2, 0) is 4.79 Å². The highest BCUT2D eigenvalue weighted by Crippen LogP contribution is 2.27. The van der Waals surface area contributed by atoms with Gasteiger partial charge in [0.1, 0.15) is 5.75 Å². The van der Waals surface area contributed by atoms with Gasteiger partial charge in [-0.15, -0.1) is 11.8 Å². The summed E-state index contributed by atoms with van der Waals surface area (Å²) in [5.41, 5.74) is 2.61. The van der Waals surface area contributed by atoms with E-state index in [4.69, 9.17) is 16.3 Å². The minimum Gasteiger partial charge on any atom is -0.483 e. The maximum atomic E-state index is 12.0. The predicted octanol–water partition coefficient (Wildman–Crippen LogP) is 4.70. The number of amides is 1. The first-order chi connectivity index (χ1) is 10.5. The van der Waals surface area contributed by atoms with Gasteiger partial charge in [-0.2, -0.15) is 0 Å². The number of ether oxygens (including phenoxy) is 1. The molecule has 3 nitrogen and oxygen atoms in total. The molecular formula is C17H18ClNO2S. The van der Waals surface area contributed by atoms with Crippen LogP contribution in [0.1, 0.15) is 11.1 Å². The highest BCUT2D eigenvalue weighted by Gasteiger charge is 2.09. The smallest absolute Gasteiger partial charge is 0.262 e. The molecular weight excluding hydrogens is 318 g/mol. The molecule has 0 bridgehead atoms. The standard InChI is InChI=1S/C17H18ClNO2S/c1-11-7-13(18)8-12(2)17(11)21-10-16(20)19-14-5-4-6-15(9-14)22-3/h4-9H,10H2,1-3H3,(H,19,20). The molecule has 0 heterocycles. The molecule has 0 aliphatic heterocycles. The lowest BCUT2D eigenvalue weighted by molar-refractivity contribution is -0.118. The Balaban J connectivity index is 1.98. The molecule has 1 N–H and O–H groups in total. The van der Waals surface area contributed by atoms with Crippen molar-refractivity contribution in [3.05, 3.63) is 52.5 Å². The lowest BCUT2D eigenvalue weighted by Gasteiger charge is -2.13. The van der Waals surface area contributed by atoms with E-state index in [1.807, 2.05) is 56.5 Å². The number of thioether (sulfide) groups is 1. The highest BCUT2D eigenvalue weighted by atomic mass is 35.5. The summed E-state index contributed by atoms with van der Waals surface area (Å²) in [6.45, 7) is 3.79. The molecule has 22 heavy (non-hydrogen) atoms. The number of aryl methyl sites for hydroxylation is 2. The van der Waals surface area contributed by atoms with E-state index < -0.39 is 0 Å². The van der Waals surface area contributed by atoms with Crippen LogP contribution < -0.4 is 10.1 Å². The normalized spacial score (nSPS) is 10.4. The summed E-state index contributed by atoms with van der Waals surface area (Å²) in [6.07, 6.45) is 2.00. The van der Waals surface area contributed by atoms with Gasteiger partial charge in [-0.1, -0.05) is 17.7 Å². The van der Waals surface area contributed by atoms with Gasteiger partial charge < -0.3 is 10.1 Å². The number of carbonyl (C=O) groups excluding carboxylic acids is 1. The lowest BCUT2D eigenvalue weighted by atomic mass is 10.1.